The van der Waals surface area contributed by atoms with Gasteiger partial charge in [-0.25, -0.2) is 0 Å². The molecule has 0 radical (unpaired) electrons. The number of nitrogens with zero attached hydrogens (tertiary/aromatic N) is 1. The number of hydrogen-bond acceptors (Lipinski definition) is 3. The van der Waals surface area contributed by atoms with E-state index in [4.69, 9.17) is 4.74 Å². The molecule has 82 valence electrons. The first-order valence-corrected chi connectivity index (χ1v) is 6.60. The minimum atomic E-state index is 0.321. The average Bonchev–Trinajstić information content (AvgIpc) is 2.15. The second-order valence-electron chi connectivity index (χ2n) is 5.20. The highest BCUT2D eigenvalue weighted by Crippen LogP contribution is 2.34. The summed E-state index contributed by atoms with van der Waals surface area (Å²) in [7, 11) is 0. The normalized spacial score (nSPS) is 35.4. The zero-order valence-corrected chi connectivity index (χ0v) is 10.3. The van der Waals surface area contributed by atoms with Crippen molar-refractivity contribution in [1.29, 1.82) is 0 Å². The number of hydrogen-bond donors (Lipinski definition) is 0. The van der Waals surface area contributed by atoms with Crippen LogP contribution in [0.15, 0.2) is 0 Å². The Labute approximate surface area is 91.4 Å². The molecule has 2 nitrogen and oxygen atoms in total. The molecular weight excluding hydrogens is 194 g/mol. The van der Waals surface area contributed by atoms with E-state index in [1.165, 1.54) is 18.7 Å². The second-order valence-corrected chi connectivity index (χ2v) is 6.55. The van der Waals surface area contributed by atoms with Gasteiger partial charge in [0.05, 0.1) is 6.61 Å². The van der Waals surface area contributed by atoms with Crippen LogP contribution in [0.3, 0.4) is 0 Å². The summed E-state index contributed by atoms with van der Waals surface area (Å²) >= 11 is 2.10. The third kappa shape index (κ3) is 2.10. The molecule has 0 amide bonds. The maximum atomic E-state index is 5.55. The van der Waals surface area contributed by atoms with Gasteiger partial charge in [-0.1, -0.05) is 0 Å². The molecule has 3 heteroatoms. The molecule has 0 bridgehead atoms. The molecule has 14 heavy (non-hydrogen) atoms. The fraction of sp³-hybridized carbons (Fsp3) is 1.00. The second kappa shape index (κ2) is 4.03. The van der Waals surface area contributed by atoms with Crippen molar-refractivity contribution in [3.8, 4) is 0 Å². The SMILES string of the molecule is CC(C)(C)N1CCSC2COCCC21. The molecule has 0 N–H and O–H groups in total. The van der Waals surface area contributed by atoms with Gasteiger partial charge in [-0.15, -0.1) is 0 Å². The van der Waals surface area contributed by atoms with Gasteiger partial charge in [0, 0.05) is 35.7 Å². The van der Waals surface area contributed by atoms with Gasteiger partial charge in [0.15, 0.2) is 0 Å². The van der Waals surface area contributed by atoms with Gasteiger partial charge < -0.3 is 4.74 Å². The summed E-state index contributed by atoms with van der Waals surface area (Å²) in [5, 5.41) is 0.719. The highest BCUT2D eigenvalue weighted by atomic mass is 32.2. The van der Waals surface area contributed by atoms with E-state index in [1.54, 1.807) is 0 Å². The van der Waals surface area contributed by atoms with Crippen molar-refractivity contribution in [1.82, 2.24) is 4.90 Å². The molecule has 0 aromatic rings. The predicted molar refractivity (Wildman–Crippen MR) is 61.9 cm³/mol. The zero-order valence-electron chi connectivity index (χ0n) is 9.45. The molecular formula is C11H21NOS. The molecule has 2 fully saturated rings. The molecule has 2 atom stereocenters. The lowest BCUT2D eigenvalue weighted by atomic mass is 9.98. The lowest BCUT2D eigenvalue weighted by Crippen LogP contribution is -2.58. The molecule has 0 aromatic carbocycles. The van der Waals surface area contributed by atoms with E-state index in [0.717, 1.165) is 24.5 Å². The minimum absolute atomic E-state index is 0.321. The van der Waals surface area contributed by atoms with E-state index in [2.05, 4.69) is 37.4 Å². The van der Waals surface area contributed by atoms with Gasteiger partial charge in [-0.05, 0) is 27.2 Å². The van der Waals surface area contributed by atoms with Crippen LogP contribution in [0.2, 0.25) is 0 Å². The first-order chi connectivity index (χ1) is 6.59. The van der Waals surface area contributed by atoms with Crippen molar-refractivity contribution in [2.75, 3.05) is 25.5 Å². The topological polar surface area (TPSA) is 12.5 Å². The van der Waals surface area contributed by atoms with Crippen LogP contribution < -0.4 is 0 Å². The smallest absolute Gasteiger partial charge is 0.0600 e. The first kappa shape index (κ1) is 10.8. The van der Waals surface area contributed by atoms with Crippen LogP contribution in [0, 0.1) is 0 Å². The van der Waals surface area contributed by atoms with Gasteiger partial charge in [0.1, 0.15) is 0 Å². The van der Waals surface area contributed by atoms with Gasteiger partial charge in [-0.3, -0.25) is 4.90 Å². The molecule has 0 aromatic heterocycles. The van der Waals surface area contributed by atoms with E-state index >= 15 is 0 Å². The van der Waals surface area contributed by atoms with E-state index in [0.29, 0.717) is 5.54 Å². The molecule has 2 heterocycles. The van der Waals surface area contributed by atoms with Gasteiger partial charge in [0.25, 0.3) is 0 Å². The lowest BCUT2D eigenvalue weighted by molar-refractivity contribution is 0.00172. The highest BCUT2D eigenvalue weighted by molar-refractivity contribution is 8.00. The maximum Gasteiger partial charge on any atom is 0.0600 e. The Balaban J connectivity index is 2.09. The fourth-order valence-corrected chi connectivity index (χ4v) is 3.82. The summed E-state index contributed by atoms with van der Waals surface area (Å²) in [6, 6.07) is 0.752. The summed E-state index contributed by atoms with van der Waals surface area (Å²) in [5.41, 5.74) is 0.321. The predicted octanol–water partition coefficient (Wildman–Crippen LogP) is 1.99. The quantitative estimate of drug-likeness (QED) is 0.613. The molecule has 2 saturated heterocycles. The Morgan fingerprint density at radius 3 is 2.86 bits per heavy atom. The number of thioether (sulfide) groups is 1. The third-order valence-corrected chi connectivity index (χ3v) is 4.49. The van der Waals surface area contributed by atoms with Crippen LogP contribution in [0.5, 0.6) is 0 Å². The summed E-state index contributed by atoms with van der Waals surface area (Å²) in [5.74, 6) is 1.27. The van der Waals surface area contributed by atoms with E-state index in [-0.39, 0.29) is 0 Å². The monoisotopic (exact) mass is 215 g/mol. The van der Waals surface area contributed by atoms with Crippen molar-refractivity contribution < 1.29 is 4.74 Å². The first-order valence-electron chi connectivity index (χ1n) is 5.55. The zero-order chi connectivity index (χ0) is 10.2. The number of rotatable bonds is 0. The Kier molecular flexibility index (Phi) is 3.10. The summed E-state index contributed by atoms with van der Waals surface area (Å²) < 4.78 is 5.55. The Morgan fingerprint density at radius 2 is 2.14 bits per heavy atom. The van der Waals surface area contributed by atoms with Gasteiger partial charge in [0.2, 0.25) is 0 Å². The van der Waals surface area contributed by atoms with Crippen LogP contribution in [-0.4, -0.2) is 47.2 Å². The van der Waals surface area contributed by atoms with E-state index < -0.39 is 0 Å². The highest BCUT2D eigenvalue weighted by Gasteiger charge is 2.38. The van der Waals surface area contributed by atoms with Gasteiger partial charge in [-0.2, -0.15) is 11.8 Å². The molecule has 2 aliphatic heterocycles. The van der Waals surface area contributed by atoms with Crippen LogP contribution in [-0.2, 0) is 4.74 Å². The van der Waals surface area contributed by atoms with E-state index in [9.17, 15) is 0 Å². The van der Waals surface area contributed by atoms with Crippen molar-refractivity contribution >= 4 is 11.8 Å². The van der Waals surface area contributed by atoms with Crippen molar-refractivity contribution in [3.05, 3.63) is 0 Å². The van der Waals surface area contributed by atoms with Crippen LogP contribution >= 0.6 is 11.8 Å². The van der Waals surface area contributed by atoms with Crippen LogP contribution in [0.4, 0.5) is 0 Å². The average molecular weight is 215 g/mol. The Morgan fingerprint density at radius 1 is 1.36 bits per heavy atom. The largest absolute Gasteiger partial charge is 0.380 e. The van der Waals surface area contributed by atoms with Crippen molar-refractivity contribution in [2.24, 2.45) is 0 Å². The van der Waals surface area contributed by atoms with Crippen LogP contribution in [0.1, 0.15) is 27.2 Å². The lowest BCUT2D eigenvalue weighted by Gasteiger charge is -2.49. The maximum absolute atomic E-state index is 5.55. The molecule has 0 aliphatic carbocycles. The fourth-order valence-electron chi connectivity index (χ4n) is 2.52. The summed E-state index contributed by atoms with van der Waals surface area (Å²) in [6.45, 7) is 10.1. The minimum Gasteiger partial charge on any atom is -0.380 e. The molecule has 0 spiro atoms. The Hall–Kier alpha value is 0.270. The van der Waals surface area contributed by atoms with Crippen molar-refractivity contribution in [3.63, 3.8) is 0 Å². The van der Waals surface area contributed by atoms with Gasteiger partial charge >= 0.3 is 0 Å². The number of ether oxygens (including phenoxy) is 1. The molecule has 0 saturated carbocycles. The van der Waals surface area contributed by atoms with Crippen LogP contribution in [0.25, 0.3) is 0 Å². The summed E-state index contributed by atoms with van der Waals surface area (Å²) in [6.07, 6.45) is 1.22. The third-order valence-electron chi connectivity index (χ3n) is 3.20. The van der Waals surface area contributed by atoms with Crippen molar-refractivity contribution in [2.45, 2.75) is 44.0 Å². The Bertz CT molecular complexity index is 200. The summed E-state index contributed by atoms with van der Waals surface area (Å²) in [4.78, 5) is 2.68. The standard InChI is InChI=1S/C11H21NOS/c1-11(2,3)12-5-7-14-10-8-13-6-4-9(10)12/h9-10H,4-8H2,1-3H3. The molecule has 2 unspecified atom stereocenters. The van der Waals surface area contributed by atoms with E-state index in [1.807, 2.05) is 0 Å². The molecule has 2 rings (SSSR count). The number of fused-ring (bicyclic) bond motifs is 1. The molecule has 2 aliphatic rings.